The van der Waals surface area contributed by atoms with Crippen LogP contribution in [0.15, 0.2) is 48.8 Å². The number of nitrogens with one attached hydrogen (secondary N) is 1. The predicted molar refractivity (Wildman–Crippen MR) is 77.2 cm³/mol. The van der Waals surface area contributed by atoms with Crippen LogP contribution in [0.5, 0.6) is 0 Å². The van der Waals surface area contributed by atoms with Gasteiger partial charge < -0.3 is 10.1 Å². The van der Waals surface area contributed by atoms with Gasteiger partial charge in [-0.3, -0.25) is 9.78 Å². The molecule has 5 nitrogen and oxygen atoms in total. The summed E-state index contributed by atoms with van der Waals surface area (Å²) < 4.78 is 4.66. The van der Waals surface area contributed by atoms with Crippen molar-refractivity contribution in [3.8, 4) is 0 Å². The highest BCUT2D eigenvalue weighted by molar-refractivity contribution is 6.07. The van der Waals surface area contributed by atoms with Gasteiger partial charge in [-0.05, 0) is 24.3 Å². The molecule has 0 spiro atoms. The van der Waals surface area contributed by atoms with E-state index in [1.54, 1.807) is 42.6 Å². The van der Waals surface area contributed by atoms with Gasteiger partial charge in [0.1, 0.15) is 0 Å². The van der Waals surface area contributed by atoms with E-state index in [0.29, 0.717) is 16.8 Å². The van der Waals surface area contributed by atoms with Gasteiger partial charge in [0, 0.05) is 12.4 Å². The second-order valence-electron chi connectivity index (χ2n) is 3.73. The molecular weight excluding hydrogens is 280 g/mol. The Hall–Kier alpha value is -2.40. The fourth-order valence-electron chi connectivity index (χ4n) is 1.57. The Kier molecular flexibility index (Phi) is 5.68. The lowest BCUT2D eigenvalue weighted by Crippen LogP contribution is -2.15. The molecule has 0 fully saturated rings. The molecule has 2 rings (SSSR count). The van der Waals surface area contributed by atoms with Gasteiger partial charge >= 0.3 is 5.97 Å². The molecule has 1 aromatic carbocycles. The molecule has 0 aliphatic rings. The third-order valence-corrected chi connectivity index (χ3v) is 2.50. The smallest absolute Gasteiger partial charge is 0.339 e. The van der Waals surface area contributed by atoms with E-state index in [1.807, 2.05) is 0 Å². The Morgan fingerprint density at radius 3 is 2.55 bits per heavy atom. The van der Waals surface area contributed by atoms with Crippen LogP contribution in [-0.4, -0.2) is 24.0 Å². The number of halogens is 1. The molecule has 0 atom stereocenters. The minimum atomic E-state index is -0.498. The number of para-hydroxylation sites is 1. The Balaban J connectivity index is 0.00000200. The van der Waals surface area contributed by atoms with Crippen LogP contribution in [0, 0.1) is 0 Å². The number of anilines is 1. The Labute approximate surface area is 122 Å². The number of aromatic nitrogens is 1. The number of esters is 1. The lowest BCUT2D eigenvalue weighted by Gasteiger charge is -2.09. The number of ether oxygens (including phenoxy) is 1. The number of carbonyl (C=O) groups is 2. The van der Waals surface area contributed by atoms with Crippen molar-refractivity contribution >= 4 is 30.0 Å². The highest BCUT2D eigenvalue weighted by Gasteiger charge is 2.13. The summed E-state index contributed by atoms with van der Waals surface area (Å²) in [6.45, 7) is 0. The van der Waals surface area contributed by atoms with Crippen LogP contribution in [0.1, 0.15) is 20.7 Å². The number of nitrogens with zero attached hydrogens (tertiary/aromatic N) is 1. The maximum atomic E-state index is 12.0. The molecule has 1 heterocycles. The molecule has 104 valence electrons. The minimum absolute atomic E-state index is 0. The van der Waals surface area contributed by atoms with E-state index in [-0.39, 0.29) is 18.3 Å². The molecule has 20 heavy (non-hydrogen) atoms. The van der Waals surface area contributed by atoms with E-state index in [1.165, 1.54) is 13.3 Å². The molecule has 0 aliphatic carbocycles. The summed E-state index contributed by atoms with van der Waals surface area (Å²) in [5.74, 6) is -0.827. The first-order valence-electron chi connectivity index (χ1n) is 5.61. The van der Waals surface area contributed by atoms with Crippen LogP contribution in [0.25, 0.3) is 0 Å². The van der Waals surface area contributed by atoms with Crippen molar-refractivity contribution < 1.29 is 14.3 Å². The van der Waals surface area contributed by atoms with Crippen molar-refractivity contribution in [2.45, 2.75) is 0 Å². The van der Waals surface area contributed by atoms with Gasteiger partial charge in [0.15, 0.2) is 0 Å². The molecular formula is C14H13ClN2O3. The molecule has 0 radical (unpaired) electrons. The van der Waals surface area contributed by atoms with Gasteiger partial charge in [0.2, 0.25) is 0 Å². The van der Waals surface area contributed by atoms with Gasteiger partial charge in [-0.1, -0.05) is 12.1 Å². The SMILES string of the molecule is COC(=O)c1ccccc1NC(=O)c1cccnc1.Cl. The van der Waals surface area contributed by atoms with Crippen LogP contribution < -0.4 is 5.32 Å². The lowest BCUT2D eigenvalue weighted by atomic mass is 10.1. The van der Waals surface area contributed by atoms with Gasteiger partial charge in [0.25, 0.3) is 5.91 Å². The number of rotatable bonds is 3. The van der Waals surface area contributed by atoms with E-state index in [0.717, 1.165) is 0 Å². The fourth-order valence-corrected chi connectivity index (χ4v) is 1.57. The van der Waals surface area contributed by atoms with Gasteiger partial charge in [-0.15, -0.1) is 12.4 Å². The number of benzene rings is 1. The maximum Gasteiger partial charge on any atom is 0.339 e. The maximum absolute atomic E-state index is 12.0. The second-order valence-corrected chi connectivity index (χ2v) is 3.73. The molecule has 1 amide bonds. The van der Waals surface area contributed by atoms with Crippen LogP contribution in [0.3, 0.4) is 0 Å². The number of carbonyl (C=O) groups excluding carboxylic acids is 2. The monoisotopic (exact) mass is 292 g/mol. The summed E-state index contributed by atoms with van der Waals surface area (Å²) in [6, 6.07) is 9.96. The molecule has 0 aliphatic heterocycles. The van der Waals surface area contributed by atoms with Crippen molar-refractivity contribution in [1.29, 1.82) is 0 Å². The largest absolute Gasteiger partial charge is 0.465 e. The van der Waals surface area contributed by atoms with E-state index in [4.69, 9.17) is 0 Å². The number of amides is 1. The van der Waals surface area contributed by atoms with Crippen LogP contribution >= 0.6 is 12.4 Å². The van der Waals surface area contributed by atoms with Crippen molar-refractivity contribution in [3.63, 3.8) is 0 Å². The zero-order valence-corrected chi connectivity index (χ0v) is 11.5. The average Bonchev–Trinajstić information content (AvgIpc) is 2.48. The first kappa shape index (κ1) is 15.7. The van der Waals surface area contributed by atoms with Gasteiger partial charge in [-0.2, -0.15) is 0 Å². The lowest BCUT2D eigenvalue weighted by molar-refractivity contribution is 0.0602. The average molecular weight is 293 g/mol. The molecule has 6 heteroatoms. The van der Waals surface area contributed by atoms with Crippen LogP contribution in [0.4, 0.5) is 5.69 Å². The molecule has 0 saturated carbocycles. The topological polar surface area (TPSA) is 68.3 Å². The molecule has 2 aromatic rings. The molecule has 0 bridgehead atoms. The summed E-state index contributed by atoms with van der Waals surface area (Å²) >= 11 is 0. The Morgan fingerprint density at radius 2 is 1.90 bits per heavy atom. The van der Waals surface area contributed by atoms with Gasteiger partial charge in [-0.25, -0.2) is 4.79 Å². The number of hydrogen-bond acceptors (Lipinski definition) is 4. The fraction of sp³-hybridized carbons (Fsp3) is 0.0714. The van der Waals surface area contributed by atoms with Crippen molar-refractivity contribution in [2.75, 3.05) is 12.4 Å². The summed E-state index contributed by atoms with van der Waals surface area (Å²) in [4.78, 5) is 27.4. The summed E-state index contributed by atoms with van der Waals surface area (Å²) in [5, 5.41) is 2.66. The van der Waals surface area contributed by atoms with Crippen molar-refractivity contribution in [1.82, 2.24) is 4.98 Å². The Morgan fingerprint density at radius 1 is 1.15 bits per heavy atom. The minimum Gasteiger partial charge on any atom is -0.465 e. The third kappa shape index (κ3) is 3.55. The summed E-state index contributed by atoms with van der Waals surface area (Å²) in [5.41, 5.74) is 1.13. The van der Waals surface area contributed by atoms with Crippen molar-refractivity contribution in [3.05, 3.63) is 59.9 Å². The number of hydrogen-bond donors (Lipinski definition) is 1. The third-order valence-electron chi connectivity index (χ3n) is 2.50. The highest BCUT2D eigenvalue weighted by Crippen LogP contribution is 2.16. The molecule has 0 unspecified atom stereocenters. The second kappa shape index (κ2) is 7.25. The first-order chi connectivity index (χ1) is 9.22. The van der Waals surface area contributed by atoms with E-state index >= 15 is 0 Å². The summed E-state index contributed by atoms with van der Waals surface area (Å²) in [6.07, 6.45) is 3.04. The molecule has 1 N–H and O–H groups in total. The number of pyridine rings is 1. The Bertz CT molecular complexity index is 602. The highest BCUT2D eigenvalue weighted by atomic mass is 35.5. The first-order valence-corrected chi connectivity index (χ1v) is 5.61. The molecule has 0 saturated heterocycles. The van der Waals surface area contributed by atoms with Crippen LogP contribution in [-0.2, 0) is 4.74 Å². The zero-order valence-electron chi connectivity index (χ0n) is 10.7. The quantitative estimate of drug-likeness (QED) is 0.883. The summed E-state index contributed by atoms with van der Waals surface area (Å²) in [7, 11) is 1.29. The molecule has 1 aromatic heterocycles. The van der Waals surface area contributed by atoms with E-state index < -0.39 is 5.97 Å². The van der Waals surface area contributed by atoms with Crippen LogP contribution in [0.2, 0.25) is 0 Å². The standard InChI is InChI=1S/C14H12N2O3.ClH/c1-19-14(18)11-6-2-3-7-12(11)16-13(17)10-5-4-8-15-9-10;/h2-9H,1H3,(H,16,17);1H. The van der Waals surface area contributed by atoms with Crippen molar-refractivity contribution in [2.24, 2.45) is 0 Å². The normalized spacial score (nSPS) is 9.25. The number of methoxy groups -OCH3 is 1. The van der Waals surface area contributed by atoms with Gasteiger partial charge in [0.05, 0.1) is 23.9 Å². The zero-order chi connectivity index (χ0) is 13.7. The van der Waals surface area contributed by atoms with E-state index in [9.17, 15) is 9.59 Å². The predicted octanol–water partition coefficient (Wildman–Crippen LogP) is 2.54. The van der Waals surface area contributed by atoms with E-state index in [2.05, 4.69) is 15.0 Å².